The number of piperazine rings is 1. The first-order valence-corrected chi connectivity index (χ1v) is 8.41. The number of ether oxygens (including phenoxy) is 1. The van der Waals surface area contributed by atoms with Crippen molar-refractivity contribution in [3.8, 4) is 17.1 Å². The molecule has 1 saturated heterocycles. The molecule has 1 fully saturated rings. The molecule has 1 aliphatic rings. The van der Waals surface area contributed by atoms with E-state index in [1.807, 2.05) is 6.92 Å². The Bertz CT molecular complexity index is 880. The molecule has 1 atom stereocenters. The van der Waals surface area contributed by atoms with E-state index in [1.165, 1.54) is 30.2 Å². The molecule has 27 heavy (non-hydrogen) atoms. The van der Waals surface area contributed by atoms with Gasteiger partial charge in [0.2, 0.25) is 5.91 Å². The summed E-state index contributed by atoms with van der Waals surface area (Å²) in [5.41, 5.74) is 0.669. The van der Waals surface area contributed by atoms with Gasteiger partial charge in [-0.3, -0.25) is 9.59 Å². The molecular formula is C18H21FN4O4. The van der Waals surface area contributed by atoms with Gasteiger partial charge in [-0.2, -0.15) is 0 Å². The molecule has 0 bridgehead atoms. The fourth-order valence-corrected chi connectivity index (χ4v) is 3.03. The highest BCUT2D eigenvalue weighted by Gasteiger charge is 2.33. The summed E-state index contributed by atoms with van der Waals surface area (Å²) < 4.78 is 24.2. The number of nitrogens with zero attached hydrogens (tertiary/aromatic N) is 3. The third-order valence-electron chi connectivity index (χ3n) is 4.25. The van der Waals surface area contributed by atoms with Gasteiger partial charge in [0.25, 0.3) is 5.91 Å². The summed E-state index contributed by atoms with van der Waals surface area (Å²) in [4.78, 5) is 28.1. The number of hydrogen-bond donors (Lipinski definition) is 1. The maximum Gasteiger partial charge on any atom is 0.262 e. The van der Waals surface area contributed by atoms with Crippen LogP contribution in [0.25, 0.3) is 11.3 Å². The summed E-state index contributed by atoms with van der Waals surface area (Å²) in [6.45, 7) is 2.14. The van der Waals surface area contributed by atoms with Gasteiger partial charge in [0.05, 0.1) is 13.7 Å². The van der Waals surface area contributed by atoms with Crippen LogP contribution in [0.4, 0.5) is 10.2 Å². The average Bonchev–Trinajstić information content (AvgIpc) is 3.06. The highest BCUT2D eigenvalue weighted by atomic mass is 19.1. The maximum absolute atomic E-state index is 13.8. The van der Waals surface area contributed by atoms with Crippen molar-refractivity contribution in [2.24, 2.45) is 0 Å². The minimum atomic E-state index is -0.525. The molecule has 0 radical (unpaired) electrons. The Balaban J connectivity index is 2.07. The lowest BCUT2D eigenvalue weighted by Crippen LogP contribution is -2.54. The molecular weight excluding hydrogens is 355 g/mol. The molecule has 1 N–H and O–H groups in total. The average molecular weight is 376 g/mol. The van der Waals surface area contributed by atoms with Crippen LogP contribution in [0.5, 0.6) is 5.75 Å². The third-order valence-corrected chi connectivity index (χ3v) is 4.25. The van der Waals surface area contributed by atoms with Crippen molar-refractivity contribution < 1.29 is 23.2 Å². The van der Waals surface area contributed by atoms with Crippen molar-refractivity contribution in [3.05, 3.63) is 29.6 Å². The molecule has 9 heteroatoms. The number of rotatable bonds is 4. The summed E-state index contributed by atoms with van der Waals surface area (Å²) in [5.74, 6) is -0.574. The Labute approximate surface area is 155 Å². The van der Waals surface area contributed by atoms with Crippen LogP contribution in [-0.4, -0.2) is 62.2 Å². The minimum Gasteiger partial charge on any atom is -0.494 e. The minimum absolute atomic E-state index is 0.0275. The summed E-state index contributed by atoms with van der Waals surface area (Å²) in [7, 11) is 4.82. The van der Waals surface area contributed by atoms with Gasteiger partial charge >= 0.3 is 0 Å². The zero-order valence-corrected chi connectivity index (χ0v) is 15.6. The summed E-state index contributed by atoms with van der Waals surface area (Å²) in [5, 5.41) is 6.77. The van der Waals surface area contributed by atoms with Gasteiger partial charge in [-0.05, 0) is 25.1 Å². The SMILES string of the molecule is COc1cc(-c2onc(N(C)C)c2C(=O)N2CC(=O)N[C@@H](C)C2)ccc1F. The molecule has 0 spiro atoms. The standard InChI is InChI=1S/C18H21FN4O4/c1-10-8-23(9-14(24)20-10)18(25)15-16(27-21-17(15)22(2)3)11-5-6-12(19)13(7-11)26-4/h5-7,10H,8-9H2,1-4H3,(H,20,24)/t10-/m0/s1. The molecule has 1 aromatic carbocycles. The first-order valence-electron chi connectivity index (χ1n) is 8.41. The summed E-state index contributed by atoms with van der Waals surface area (Å²) >= 11 is 0. The van der Waals surface area contributed by atoms with Gasteiger partial charge in [0.15, 0.2) is 23.1 Å². The molecule has 0 unspecified atom stereocenters. The number of halogens is 1. The molecule has 1 aromatic heterocycles. The normalized spacial score (nSPS) is 16.9. The van der Waals surface area contributed by atoms with Crippen molar-refractivity contribution in [2.75, 3.05) is 39.2 Å². The first-order chi connectivity index (χ1) is 12.8. The fraction of sp³-hybridized carbons (Fsp3) is 0.389. The number of amides is 2. The van der Waals surface area contributed by atoms with Crippen molar-refractivity contribution in [3.63, 3.8) is 0 Å². The number of hydrogen-bond acceptors (Lipinski definition) is 6. The number of carbonyl (C=O) groups is 2. The Kier molecular flexibility index (Phi) is 5.02. The molecule has 8 nitrogen and oxygen atoms in total. The zero-order chi connectivity index (χ0) is 19.7. The van der Waals surface area contributed by atoms with E-state index in [-0.39, 0.29) is 41.5 Å². The second kappa shape index (κ2) is 7.26. The predicted octanol–water partition coefficient (Wildman–Crippen LogP) is 1.52. The molecule has 2 heterocycles. The maximum atomic E-state index is 13.8. The van der Waals surface area contributed by atoms with Gasteiger partial charge in [-0.15, -0.1) is 0 Å². The Morgan fingerprint density at radius 2 is 2.19 bits per heavy atom. The smallest absolute Gasteiger partial charge is 0.262 e. The molecule has 2 aromatic rings. The first kappa shape index (κ1) is 18.7. The quantitative estimate of drug-likeness (QED) is 0.870. The number of nitrogens with one attached hydrogen (secondary N) is 1. The van der Waals surface area contributed by atoms with Crippen LogP contribution in [0, 0.1) is 5.82 Å². The highest BCUT2D eigenvalue weighted by Crippen LogP contribution is 2.34. The molecule has 1 aliphatic heterocycles. The number of benzene rings is 1. The second-order valence-corrected chi connectivity index (χ2v) is 6.61. The zero-order valence-electron chi connectivity index (χ0n) is 15.6. The predicted molar refractivity (Wildman–Crippen MR) is 96.3 cm³/mol. The number of aromatic nitrogens is 1. The topological polar surface area (TPSA) is 87.9 Å². The van der Waals surface area contributed by atoms with Crippen LogP contribution >= 0.6 is 0 Å². The van der Waals surface area contributed by atoms with E-state index in [0.717, 1.165) is 0 Å². The van der Waals surface area contributed by atoms with E-state index in [0.29, 0.717) is 17.9 Å². The van der Waals surface area contributed by atoms with Gasteiger partial charge in [0.1, 0.15) is 5.56 Å². The van der Waals surface area contributed by atoms with Gasteiger partial charge in [-0.1, -0.05) is 5.16 Å². The fourth-order valence-electron chi connectivity index (χ4n) is 3.03. The second-order valence-electron chi connectivity index (χ2n) is 6.61. The van der Waals surface area contributed by atoms with Crippen LogP contribution in [0.3, 0.4) is 0 Å². The molecule has 144 valence electrons. The van der Waals surface area contributed by atoms with E-state index in [2.05, 4.69) is 10.5 Å². The summed E-state index contributed by atoms with van der Waals surface area (Å²) in [6, 6.07) is 4.00. The van der Waals surface area contributed by atoms with Crippen LogP contribution in [0.1, 0.15) is 17.3 Å². The lowest BCUT2D eigenvalue weighted by molar-refractivity contribution is -0.124. The largest absolute Gasteiger partial charge is 0.494 e. The third kappa shape index (κ3) is 3.57. The Hall–Kier alpha value is -3.10. The lowest BCUT2D eigenvalue weighted by Gasteiger charge is -2.31. The Morgan fingerprint density at radius 1 is 1.44 bits per heavy atom. The lowest BCUT2D eigenvalue weighted by atomic mass is 10.1. The van der Waals surface area contributed by atoms with E-state index >= 15 is 0 Å². The molecule has 2 amide bonds. The van der Waals surface area contributed by atoms with Gasteiger partial charge in [0, 0.05) is 32.2 Å². The number of carbonyl (C=O) groups excluding carboxylic acids is 2. The van der Waals surface area contributed by atoms with E-state index < -0.39 is 5.82 Å². The van der Waals surface area contributed by atoms with Crippen molar-refractivity contribution in [1.29, 1.82) is 0 Å². The van der Waals surface area contributed by atoms with E-state index in [9.17, 15) is 14.0 Å². The van der Waals surface area contributed by atoms with Crippen molar-refractivity contribution in [1.82, 2.24) is 15.4 Å². The van der Waals surface area contributed by atoms with Gasteiger partial charge in [-0.25, -0.2) is 4.39 Å². The highest BCUT2D eigenvalue weighted by molar-refractivity contribution is 6.05. The van der Waals surface area contributed by atoms with E-state index in [1.54, 1.807) is 19.0 Å². The number of methoxy groups -OCH3 is 1. The number of anilines is 1. The van der Waals surface area contributed by atoms with Crippen molar-refractivity contribution in [2.45, 2.75) is 13.0 Å². The van der Waals surface area contributed by atoms with E-state index in [4.69, 9.17) is 9.26 Å². The van der Waals surface area contributed by atoms with Crippen LogP contribution in [-0.2, 0) is 4.79 Å². The van der Waals surface area contributed by atoms with Crippen LogP contribution < -0.4 is 15.0 Å². The van der Waals surface area contributed by atoms with Crippen molar-refractivity contribution >= 4 is 17.6 Å². The Morgan fingerprint density at radius 3 is 2.81 bits per heavy atom. The van der Waals surface area contributed by atoms with Crippen LogP contribution in [0.2, 0.25) is 0 Å². The summed E-state index contributed by atoms with van der Waals surface area (Å²) in [6.07, 6.45) is 0. The molecule has 0 saturated carbocycles. The van der Waals surface area contributed by atoms with Crippen LogP contribution in [0.15, 0.2) is 22.7 Å². The molecule has 3 rings (SSSR count). The van der Waals surface area contributed by atoms with Gasteiger partial charge < -0.3 is 24.4 Å². The monoisotopic (exact) mass is 376 g/mol. The molecule has 0 aliphatic carbocycles.